The van der Waals surface area contributed by atoms with E-state index in [1.807, 2.05) is 45.2 Å². The molecule has 0 unspecified atom stereocenters. The summed E-state index contributed by atoms with van der Waals surface area (Å²) in [6.45, 7) is 4.88. The molecule has 1 aromatic heterocycles. The Morgan fingerprint density at radius 3 is 2.76 bits per heavy atom. The summed E-state index contributed by atoms with van der Waals surface area (Å²) >= 11 is 3.44. The Bertz CT molecular complexity index is 634. The molecular formula is C16H20BrN3O. The van der Waals surface area contributed by atoms with Crippen LogP contribution in [0.25, 0.3) is 0 Å². The summed E-state index contributed by atoms with van der Waals surface area (Å²) in [6, 6.07) is 7.91. The van der Waals surface area contributed by atoms with Gasteiger partial charge in [0.15, 0.2) is 0 Å². The van der Waals surface area contributed by atoms with Crippen molar-refractivity contribution in [1.82, 2.24) is 15.1 Å². The van der Waals surface area contributed by atoms with Crippen LogP contribution in [0.5, 0.6) is 0 Å². The Kier molecular flexibility index (Phi) is 5.31. The summed E-state index contributed by atoms with van der Waals surface area (Å²) in [7, 11) is 1.91. The van der Waals surface area contributed by atoms with E-state index in [-0.39, 0.29) is 11.8 Å². The Morgan fingerprint density at radius 1 is 1.38 bits per heavy atom. The molecule has 1 heterocycles. The highest BCUT2D eigenvalue weighted by Gasteiger charge is 2.22. The van der Waals surface area contributed by atoms with Crippen LogP contribution < -0.4 is 5.32 Å². The van der Waals surface area contributed by atoms with Crippen LogP contribution in [0.2, 0.25) is 0 Å². The smallest absolute Gasteiger partial charge is 0.212 e. The molecule has 0 saturated heterocycles. The second-order valence-corrected chi connectivity index (χ2v) is 6.07. The van der Waals surface area contributed by atoms with Crippen molar-refractivity contribution in [2.75, 3.05) is 13.6 Å². The molecule has 0 atom stereocenters. The molecule has 0 aliphatic rings. The fourth-order valence-electron chi connectivity index (χ4n) is 2.29. The van der Waals surface area contributed by atoms with Crippen LogP contribution in [0.3, 0.4) is 0 Å². The zero-order chi connectivity index (χ0) is 15.4. The lowest BCUT2D eigenvalue weighted by molar-refractivity contribution is 0.102. The molecule has 0 spiro atoms. The van der Waals surface area contributed by atoms with Crippen molar-refractivity contribution in [2.24, 2.45) is 0 Å². The minimum Gasteiger partial charge on any atom is -0.319 e. The maximum absolute atomic E-state index is 12.9. The monoisotopic (exact) mass is 349 g/mol. The number of halogens is 1. The maximum Gasteiger partial charge on any atom is 0.212 e. The molecule has 0 amide bonds. The number of nitrogens with zero attached hydrogens (tertiary/aromatic N) is 2. The van der Waals surface area contributed by atoms with Crippen LogP contribution in [0.15, 0.2) is 34.9 Å². The zero-order valence-electron chi connectivity index (χ0n) is 12.6. The number of benzene rings is 1. The van der Waals surface area contributed by atoms with Crippen molar-refractivity contribution >= 4 is 21.7 Å². The highest BCUT2D eigenvalue weighted by atomic mass is 79.9. The molecule has 4 nitrogen and oxygen atoms in total. The van der Waals surface area contributed by atoms with Crippen molar-refractivity contribution in [3.8, 4) is 0 Å². The van der Waals surface area contributed by atoms with Gasteiger partial charge >= 0.3 is 0 Å². The molecule has 21 heavy (non-hydrogen) atoms. The number of likely N-dealkylation sites (N-methyl/N-ethyl adjacent to an activating group) is 1. The lowest BCUT2D eigenvalue weighted by Gasteiger charge is -2.13. The highest BCUT2D eigenvalue weighted by molar-refractivity contribution is 9.10. The predicted octanol–water partition coefficient (Wildman–Crippen LogP) is 3.22. The summed E-state index contributed by atoms with van der Waals surface area (Å²) in [5.41, 5.74) is 2.41. The minimum atomic E-state index is 0.0137. The first-order valence-electron chi connectivity index (χ1n) is 7.06. The van der Waals surface area contributed by atoms with Crippen molar-refractivity contribution < 1.29 is 4.79 Å². The van der Waals surface area contributed by atoms with Crippen LogP contribution in [0.4, 0.5) is 0 Å². The number of hydrogen-bond donors (Lipinski definition) is 1. The van der Waals surface area contributed by atoms with E-state index in [0.29, 0.717) is 5.69 Å². The largest absolute Gasteiger partial charge is 0.319 e. The molecule has 0 aliphatic heterocycles. The van der Waals surface area contributed by atoms with Gasteiger partial charge in [0.2, 0.25) is 5.78 Å². The van der Waals surface area contributed by atoms with E-state index in [1.54, 1.807) is 10.9 Å². The first-order valence-corrected chi connectivity index (χ1v) is 7.85. The van der Waals surface area contributed by atoms with E-state index in [1.165, 1.54) is 0 Å². The molecule has 0 aliphatic carbocycles. The van der Waals surface area contributed by atoms with Crippen molar-refractivity contribution in [2.45, 2.75) is 26.3 Å². The molecule has 0 radical (unpaired) electrons. The summed E-state index contributed by atoms with van der Waals surface area (Å²) in [5.74, 6) is 0.0137. The average Bonchev–Trinajstić information content (AvgIpc) is 2.86. The van der Waals surface area contributed by atoms with E-state index in [9.17, 15) is 4.79 Å². The molecule has 0 fully saturated rings. The first kappa shape index (κ1) is 15.9. The molecule has 0 bridgehead atoms. The summed E-state index contributed by atoms with van der Waals surface area (Å²) in [4.78, 5) is 12.9. The fraction of sp³-hybridized carbons (Fsp3) is 0.375. The van der Waals surface area contributed by atoms with E-state index in [0.717, 1.165) is 28.6 Å². The Morgan fingerprint density at radius 2 is 2.10 bits per heavy atom. The lowest BCUT2D eigenvalue weighted by Crippen LogP contribution is -2.17. The number of ketones is 1. The van der Waals surface area contributed by atoms with E-state index < -0.39 is 0 Å². The van der Waals surface area contributed by atoms with Gasteiger partial charge < -0.3 is 5.32 Å². The van der Waals surface area contributed by atoms with E-state index >= 15 is 0 Å². The molecule has 1 aromatic carbocycles. The normalized spacial score (nSPS) is 11.1. The quantitative estimate of drug-likeness (QED) is 0.814. The number of nitrogens with one attached hydrogen (secondary N) is 1. The van der Waals surface area contributed by atoms with Gasteiger partial charge in [0.25, 0.3) is 0 Å². The topological polar surface area (TPSA) is 46.9 Å². The minimum absolute atomic E-state index is 0.0137. The van der Waals surface area contributed by atoms with Gasteiger partial charge in [-0.2, -0.15) is 5.10 Å². The third-order valence-electron chi connectivity index (χ3n) is 3.36. The highest BCUT2D eigenvalue weighted by Crippen LogP contribution is 2.24. The number of rotatable bonds is 6. The van der Waals surface area contributed by atoms with Crippen LogP contribution in [-0.2, 0) is 6.42 Å². The second-order valence-electron chi connectivity index (χ2n) is 5.22. The van der Waals surface area contributed by atoms with Gasteiger partial charge in [-0.05, 0) is 55.4 Å². The summed E-state index contributed by atoms with van der Waals surface area (Å²) in [6.07, 6.45) is 2.51. The molecule has 5 heteroatoms. The molecule has 2 rings (SSSR count). The predicted molar refractivity (Wildman–Crippen MR) is 87.8 cm³/mol. The lowest BCUT2D eigenvalue weighted by atomic mass is 9.99. The van der Waals surface area contributed by atoms with Gasteiger partial charge in [-0.1, -0.05) is 24.3 Å². The van der Waals surface area contributed by atoms with Crippen LogP contribution >= 0.6 is 15.9 Å². The van der Waals surface area contributed by atoms with Gasteiger partial charge in [0, 0.05) is 11.6 Å². The van der Waals surface area contributed by atoms with Crippen LogP contribution in [0, 0.1) is 0 Å². The number of hydrogen-bond acceptors (Lipinski definition) is 3. The maximum atomic E-state index is 12.9. The van der Waals surface area contributed by atoms with Gasteiger partial charge in [0.05, 0.1) is 10.7 Å². The Hall–Kier alpha value is -1.46. The van der Waals surface area contributed by atoms with Gasteiger partial charge in [-0.3, -0.25) is 9.48 Å². The van der Waals surface area contributed by atoms with Crippen molar-refractivity contribution in [3.63, 3.8) is 0 Å². The summed E-state index contributed by atoms with van der Waals surface area (Å²) in [5, 5.41) is 7.41. The SMILES string of the molecule is CNCCc1ccccc1C(=O)c1c(Br)cnn1C(C)C. The Balaban J connectivity index is 2.43. The third-order valence-corrected chi connectivity index (χ3v) is 3.94. The van der Waals surface area contributed by atoms with Crippen molar-refractivity contribution in [1.29, 1.82) is 0 Å². The molecule has 2 aromatic rings. The van der Waals surface area contributed by atoms with Gasteiger partial charge in [-0.15, -0.1) is 0 Å². The number of carbonyl (C=O) groups excluding carboxylic acids is 1. The van der Waals surface area contributed by atoms with Crippen LogP contribution in [0.1, 0.15) is 41.5 Å². The van der Waals surface area contributed by atoms with E-state index in [4.69, 9.17) is 0 Å². The Labute approximate surface area is 133 Å². The number of carbonyl (C=O) groups is 1. The van der Waals surface area contributed by atoms with E-state index in [2.05, 4.69) is 26.3 Å². The molecular weight excluding hydrogens is 330 g/mol. The third kappa shape index (κ3) is 3.41. The first-order chi connectivity index (χ1) is 10.1. The number of aromatic nitrogens is 2. The zero-order valence-corrected chi connectivity index (χ0v) is 14.1. The molecule has 0 saturated carbocycles. The van der Waals surface area contributed by atoms with Gasteiger partial charge in [-0.25, -0.2) is 0 Å². The average molecular weight is 350 g/mol. The van der Waals surface area contributed by atoms with Gasteiger partial charge in [0.1, 0.15) is 5.69 Å². The second kappa shape index (κ2) is 7.00. The standard InChI is InChI=1S/C16H20BrN3O/c1-11(2)20-15(14(17)10-19-20)16(21)13-7-5-4-6-12(13)8-9-18-3/h4-7,10-11,18H,8-9H2,1-3H3. The summed E-state index contributed by atoms with van der Waals surface area (Å²) < 4.78 is 2.51. The van der Waals surface area contributed by atoms with Crippen molar-refractivity contribution in [3.05, 3.63) is 51.8 Å². The molecule has 112 valence electrons. The van der Waals surface area contributed by atoms with Crippen LogP contribution in [-0.4, -0.2) is 29.2 Å². The fourth-order valence-corrected chi connectivity index (χ4v) is 2.75. The molecule has 1 N–H and O–H groups in total.